The van der Waals surface area contributed by atoms with Crippen LogP contribution in [0.2, 0.25) is 0 Å². The fourth-order valence-corrected chi connectivity index (χ4v) is 2.67. The lowest BCUT2D eigenvalue weighted by molar-refractivity contribution is 0.0283. The van der Waals surface area contributed by atoms with E-state index in [4.69, 9.17) is 4.74 Å². The Morgan fingerprint density at radius 3 is 2.61 bits per heavy atom. The van der Waals surface area contributed by atoms with E-state index in [1.54, 1.807) is 0 Å². The van der Waals surface area contributed by atoms with Crippen molar-refractivity contribution in [2.24, 2.45) is 5.92 Å². The normalized spacial score (nSPS) is 30.0. The molecule has 3 nitrogen and oxygen atoms in total. The van der Waals surface area contributed by atoms with Gasteiger partial charge in [-0.05, 0) is 25.7 Å². The summed E-state index contributed by atoms with van der Waals surface area (Å²) in [6.45, 7) is 16.5. The molecule has 18 heavy (non-hydrogen) atoms. The van der Waals surface area contributed by atoms with Crippen molar-refractivity contribution in [3.05, 3.63) is 0 Å². The summed E-state index contributed by atoms with van der Waals surface area (Å²) in [4.78, 5) is 2.63. The van der Waals surface area contributed by atoms with Gasteiger partial charge >= 0.3 is 0 Å². The topological polar surface area (TPSA) is 24.5 Å². The lowest BCUT2D eigenvalue weighted by Gasteiger charge is -2.47. The standard InChI is InChI=1S/C15H32N2O/c1-6-9-18-10-8-17-12-15(5,7-2)16-11-14(17)13(3)4/h13-14,16H,6-12H2,1-5H3. The van der Waals surface area contributed by atoms with Gasteiger partial charge in [-0.2, -0.15) is 0 Å². The first-order chi connectivity index (χ1) is 8.52. The van der Waals surface area contributed by atoms with Gasteiger partial charge in [0.1, 0.15) is 0 Å². The molecule has 0 aromatic rings. The Kier molecular flexibility index (Phi) is 6.61. The van der Waals surface area contributed by atoms with E-state index in [1.165, 1.54) is 6.42 Å². The quantitative estimate of drug-likeness (QED) is 0.708. The van der Waals surface area contributed by atoms with E-state index in [-0.39, 0.29) is 5.54 Å². The average Bonchev–Trinajstić information content (AvgIpc) is 2.34. The molecule has 0 spiro atoms. The number of hydrogen-bond acceptors (Lipinski definition) is 3. The molecule has 0 radical (unpaired) electrons. The summed E-state index contributed by atoms with van der Waals surface area (Å²) in [7, 11) is 0. The van der Waals surface area contributed by atoms with E-state index in [0.717, 1.165) is 39.3 Å². The monoisotopic (exact) mass is 256 g/mol. The minimum Gasteiger partial charge on any atom is -0.380 e. The third-order valence-corrected chi connectivity index (χ3v) is 4.18. The second kappa shape index (κ2) is 7.46. The minimum absolute atomic E-state index is 0.274. The highest BCUT2D eigenvalue weighted by molar-refractivity contribution is 4.95. The van der Waals surface area contributed by atoms with Crippen LogP contribution in [0.1, 0.15) is 47.5 Å². The lowest BCUT2D eigenvalue weighted by atomic mass is 9.90. The molecule has 1 saturated heterocycles. The van der Waals surface area contributed by atoms with Crippen LogP contribution in [0.4, 0.5) is 0 Å². The summed E-state index contributed by atoms with van der Waals surface area (Å²) < 4.78 is 5.65. The summed E-state index contributed by atoms with van der Waals surface area (Å²) in [5.74, 6) is 0.699. The Morgan fingerprint density at radius 1 is 1.33 bits per heavy atom. The van der Waals surface area contributed by atoms with Gasteiger partial charge in [0, 0.05) is 37.8 Å². The van der Waals surface area contributed by atoms with Gasteiger partial charge in [-0.1, -0.05) is 27.7 Å². The van der Waals surface area contributed by atoms with Gasteiger partial charge in [0.2, 0.25) is 0 Å². The average molecular weight is 256 g/mol. The zero-order valence-corrected chi connectivity index (χ0v) is 13.0. The summed E-state index contributed by atoms with van der Waals surface area (Å²) in [5, 5.41) is 3.73. The third kappa shape index (κ3) is 4.52. The maximum absolute atomic E-state index is 5.65. The van der Waals surface area contributed by atoms with Gasteiger partial charge < -0.3 is 10.1 Å². The molecule has 1 fully saturated rings. The van der Waals surface area contributed by atoms with E-state index in [0.29, 0.717) is 12.0 Å². The Balaban J connectivity index is 2.50. The molecule has 3 heteroatoms. The van der Waals surface area contributed by atoms with Gasteiger partial charge in [0.25, 0.3) is 0 Å². The molecule has 1 aliphatic rings. The highest BCUT2D eigenvalue weighted by atomic mass is 16.5. The molecule has 0 bridgehead atoms. The third-order valence-electron chi connectivity index (χ3n) is 4.18. The van der Waals surface area contributed by atoms with Crippen molar-refractivity contribution in [3.63, 3.8) is 0 Å². The summed E-state index contributed by atoms with van der Waals surface area (Å²) in [6.07, 6.45) is 2.30. The van der Waals surface area contributed by atoms with Crippen LogP contribution in [0.15, 0.2) is 0 Å². The second-order valence-corrected chi connectivity index (χ2v) is 6.19. The number of rotatable bonds is 7. The number of nitrogens with one attached hydrogen (secondary N) is 1. The zero-order chi connectivity index (χ0) is 13.6. The highest BCUT2D eigenvalue weighted by Gasteiger charge is 2.35. The summed E-state index contributed by atoms with van der Waals surface area (Å²) >= 11 is 0. The Bertz CT molecular complexity index is 233. The van der Waals surface area contributed by atoms with Gasteiger partial charge in [0.15, 0.2) is 0 Å². The van der Waals surface area contributed by atoms with Crippen molar-refractivity contribution >= 4 is 0 Å². The molecule has 0 aromatic heterocycles. The number of ether oxygens (including phenoxy) is 1. The van der Waals surface area contributed by atoms with Crippen LogP contribution in [0.5, 0.6) is 0 Å². The van der Waals surface area contributed by atoms with Crippen LogP contribution >= 0.6 is 0 Å². The smallest absolute Gasteiger partial charge is 0.0593 e. The Labute approximate surface area is 113 Å². The number of piperazine rings is 1. The fraction of sp³-hybridized carbons (Fsp3) is 1.00. The fourth-order valence-electron chi connectivity index (χ4n) is 2.67. The largest absolute Gasteiger partial charge is 0.380 e. The van der Waals surface area contributed by atoms with Crippen LogP contribution in [0, 0.1) is 5.92 Å². The van der Waals surface area contributed by atoms with E-state index in [2.05, 4.69) is 44.8 Å². The lowest BCUT2D eigenvalue weighted by Crippen LogP contribution is -2.64. The van der Waals surface area contributed by atoms with Crippen LogP contribution in [0.3, 0.4) is 0 Å². The van der Waals surface area contributed by atoms with Crippen LogP contribution in [0.25, 0.3) is 0 Å². The molecule has 0 aromatic carbocycles. The van der Waals surface area contributed by atoms with Crippen LogP contribution < -0.4 is 5.32 Å². The molecule has 108 valence electrons. The van der Waals surface area contributed by atoms with Gasteiger partial charge in [-0.15, -0.1) is 0 Å². The maximum atomic E-state index is 5.65. The molecule has 1 aliphatic heterocycles. The van der Waals surface area contributed by atoms with Gasteiger partial charge in [-0.25, -0.2) is 0 Å². The molecule has 1 heterocycles. The predicted octanol–water partition coefficient (Wildman–Crippen LogP) is 2.51. The predicted molar refractivity (Wildman–Crippen MR) is 78.0 cm³/mol. The van der Waals surface area contributed by atoms with Crippen molar-refractivity contribution < 1.29 is 4.74 Å². The molecule has 0 aliphatic carbocycles. The zero-order valence-electron chi connectivity index (χ0n) is 13.0. The van der Waals surface area contributed by atoms with Crippen molar-refractivity contribution in [1.82, 2.24) is 10.2 Å². The Morgan fingerprint density at radius 2 is 2.06 bits per heavy atom. The van der Waals surface area contributed by atoms with E-state index in [1.807, 2.05) is 0 Å². The molecular weight excluding hydrogens is 224 g/mol. The van der Waals surface area contributed by atoms with E-state index in [9.17, 15) is 0 Å². The highest BCUT2D eigenvalue weighted by Crippen LogP contribution is 2.22. The molecule has 2 atom stereocenters. The van der Waals surface area contributed by atoms with Crippen LogP contribution in [-0.2, 0) is 4.74 Å². The van der Waals surface area contributed by atoms with Gasteiger partial charge in [0.05, 0.1) is 6.61 Å². The second-order valence-electron chi connectivity index (χ2n) is 6.19. The SMILES string of the molecule is CCCOCCN1CC(C)(CC)NCC1C(C)C. The first-order valence-electron chi connectivity index (χ1n) is 7.59. The first-order valence-corrected chi connectivity index (χ1v) is 7.59. The minimum atomic E-state index is 0.274. The van der Waals surface area contributed by atoms with Gasteiger partial charge in [-0.3, -0.25) is 4.90 Å². The summed E-state index contributed by atoms with van der Waals surface area (Å²) in [6, 6.07) is 0.648. The van der Waals surface area contributed by atoms with Crippen LogP contribution in [-0.4, -0.2) is 49.3 Å². The number of nitrogens with zero attached hydrogens (tertiary/aromatic N) is 1. The molecule has 2 unspecified atom stereocenters. The molecule has 0 saturated carbocycles. The van der Waals surface area contributed by atoms with Crippen molar-refractivity contribution in [2.45, 2.75) is 59.0 Å². The van der Waals surface area contributed by atoms with Crippen molar-refractivity contribution in [3.8, 4) is 0 Å². The molecular formula is C15H32N2O. The van der Waals surface area contributed by atoms with E-state index < -0.39 is 0 Å². The number of hydrogen-bond donors (Lipinski definition) is 1. The van der Waals surface area contributed by atoms with Crippen molar-refractivity contribution in [2.75, 3.05) is 32.8 Å². The first kappa shape index (κ1) is 15.9. The molecule has 1 N–H and O–H groups in total. The molecule has 1 rings (SSSR count). The van der Waals surface area contributed by atoms with Crippen molar-refractivity contribution in [1.29, 1.82) is 0 Å². The molecule has 0 amide bonds. The van der Waals surface area contributed by atoms with E-state index >= 15 is 0 Å². The maximum Gasteiger partial charge on any atom is 0.0593 e. The summed E-state index contributed by atoms with van der Waals surface area (Å²) in [5.41, 5.74) is 0.274. The Hall–Kier alpha value is -0.120.